The molecule has 0 fully saturated rings. The summed E-state index contributed by atoms with van der Waals surface area (Å²) in [6, 6.07) is 3.85. The second kappa shape index (κ2) is 11.2. The number of carbonyl (C=O) groups excluding carboxylic acids is 1. The molecule has 7 nitrogen and oxygen atoms in total. The van der Waals surface area contributed by atoms with Crippen LogP contribution < -0.4 is 14.9 Å². The van der Waals surface area contributed by atoms with E-state index in [9.17, 15) is 4.79 Å². The van der Waals surface area contributed by atoms with Crippen LogP contribution >= 0.6 is 11.3 Å². The van der Waals surface area contributed by atoms with Crippen LogP contribution in [0.1, 0.15) is 37.6 Å². The number of nitrogens with zero attached hydrogens (tertiary/aromatic N) is 2. The van der Waals surface area contributed by atoms with Gasteiger partial charge < -0.3 is 14.2 Å². The van der Waals surface area contributed by atoms with Crippen LogP contribution in [0.5, 0.6) is 11.5 Å². The van der Waals surface area contributed by atoms with E-state index in [1.165, 1.54) is 11.3 Å². The Morgan fingerprint density at radius 2 is 2.21 bits per heavy atom. The Labute approximate surface area is 175 Å². The molecule has 2 aromatic rings. The van der Waals surface area contributed by atoms with Crippen molar-refractivity contribution < 1.29 is 19.0 Å². The molecule has 1 heterocycles. The van der Waals surface area contributed by atoms with Gasteiger partial charge in [0.2, 0.25) is 5.13 Å². The standard InChI is InChI=1S/C21H27N3O4S/c1-6-8-16-9-15(10-18(26-5)20(16)28-14(3)4)12-22-24-21-23-17(13-29-21)11-19(25)27-7-2/h6,9-10,12-14H,1,7-8,11H2,2-5H3,(H,23,24). The third-order valence-electron chi connectivity index (χ3n) is 3.65. The van der Waals surface area contributed by atoms with Crippen molar-refractivity contribution in [3.63, 3.8) is 0 Å². The van der Waals surface area contributed by atoms with Crippen LogP contribution in [-0.2, 0) is 22.4 Å². The number of ether oxygens (including phenoxy) is 3. The minimum absolute atomic E-state index is 0.0300. The van der Waals surface area contributed by atoms with Crippen molar-refractivity contribution in [1.82, 2.24) is 4.98 Å². The monoisotopic (exact) mass is 417 g/mol. The van der Waals surface area contributed by atoms with Crippen molar-refractivity contribution in [2.75, 3.05) is 19.1 Å². The number of benzene rings is 1. The number of anilines is 1. The van der Waals surface area contributed by atoms with Crippen molar-refractivity contribution in [3.8, 4) is 11.5 Å². The van der Waals surface area contributed by atoms with E-state index in [1.54, 1.807) is 25.6 Å². The molecule has 156 valence electrons. The smallest absolute Gasteiger partial charge is 0.311 e. The summed E-state index contributed by atoms with van der Waals surface area (Å²) in [5.41, 5.74) is 5.36. The molecular formula is C21H27N3O4S. The molecule has 1 aromatic heterocycles. The minimum atomic E-state index is -0.293. The van der Waals surface area contributed by atoms with Crippen LogP contribution in [0.3, 0.4) is 0 Å². The maximum absolute atomic E-state index is 11.5. The number of aromatic nitrogens is 1. The molecule has 0 radical (unpaired) electrons. The summed E-state index contributed by atoms with van der Waals surface area (Å²) in [6.07, 6.45) is 4.33. The maximum Gasteiger partial charge on any atom is 0.311 e. The number of methoxy groups -OCH3 is 1. The Morgan fingerprint density at radius 1 is 1.41 bits per heavy atom. The summed E-state index contributed by atoms with van der Waals surface area (Å²) in [6.45, 7) is 9.89. The number of carbonyl (C=O) groups is 1. The van der Waals surface area contributed by atoms with Crippen molar-refractivity contribution in [2.45, 2.75) is 39.7 Å². The molecule has 29 heavy (non-hydrogen) atoms. The van der Waals surface area contributed by atoms with E-state index < -0.39 is 0 Å². The summed E-state index contributed by atoms with van der Waals surface area (Å²) in [4.78, 5) is 15.8. The summed E-state index contributed by atoms with van der Waals surface area (Å²) in [5, 5.41) is 6.64. The van der Waals surface area contributed by atoms with Gasteiger partial charge in [0.05, 0.1) is 38.1 Å². The van der Waals surface area contributed by atoms with Crippen LogP contribution in [-0.4, -0.2) is 37.0 Å². The first-order valence-electron chi connectivity index (χ1n) is 9.34. The van der Waals surface area contributed by atoms with Gasteiger partial charge in [-0.3, -0.25) is 10.2 Å². The van der Waals surface area contributed by atoms with Crippen LogP contribution in [0.2, 0.25) is 0 Å². The van der Waals surface area contributed by atoms with Gasteiger partial charge in [-0.1, -0.05) is 6.08 Å². The Kier molecular flexibility index (Phi) is 8.67. The zero-order valence-electron chi connectivity index (χ0n) is 17.2. The number of esters is 1. The van der Waals surface area contributed by atoms with Crippen LogP contribution in [0.15, 0.2) is 35.3 Å². The fraction of sp³-hybridized carbons (Fsp3) is 0.381. The SMILES string of the molecule is C=CCc1cc(C=NNc2nc(CC(=O)OCC)cs2)cc(OC)c1OC(C)C. The van der Waals surface area contributed by atoms with E-state index in [1.807, 2.05) is 32.1 Å². The third-order valence-corrected chi connectivity index (χ3v) is 4.44. The van der Waals surface area contributed by atoms with E-state index >= 15 is 0 Å². The van der Waals surface area contributed by atoms with Gasteiger partial charge in [0.15, 0.2) is 11.5 Å². The molecule has 1 aromatic carbocycles. The van der Waals surface area contributed by atoms with Gasteiger partial charge in [-0.05, 0) is 44.9 Å². The number of thiazole rings is 1. The fourth-order valence-electron chi connectivity index (χ4n) is 2.55. The highest BCUT2D eigenvalue weighted by atomic mass is 32.1. The predicted molar refractivity (Wildman–Crippen MR) is 116 cm³/mol. The van der Waals surface area contributed by atoms with Crippen molar-refractivity contribution in [2.24, 2.45) is 5.10 Å². The fourth-order valence-corrected chi connectivity index (χ4v) is 3.21. The lowest BCUT2D eigenvalue weighted by atomic mass is 10.1. The normalized spacial score (nSPS) is 10.9. The molecule has 0 aliphatic carbocycles. The van der Waals surface area contributed by atoms with Gasteiger partial charge in [-0.25, -0.2) is 4.98 Å². The molecule has 2 rings (SSSR count). The molecule has 0 spiro atoms. The van der Waals surface area contributed by atoms with Gasteiger partial charge in [0.1, 0.15) is 0 Å². The third kappa shape index (κ3) is 6.90. The van der Waals surface area contributed by atoms with Crippen LogP contribution in [0.4, 0.5) is 5.13 Å². The molecule has 0 unspecified atom stereocenters. The van der Waals surface area contributed by atoms with Gasteiger partial charge in [-0.2, -0.15) is 5.10 Å². The molecular weight excluding hydrogens is 390 g/mol. The average molecular weight is 418 g/mol. The number of rotatable bonds is 11. The number of hydrogen-bond acceptors (Lipinski definition) is 8. The van der Waals surface area contributed by atoms with Crippen molar-refractivity contribution in [1.29, 1.82) is 0 Å². The molecule has 0 saturated heterocycles. The highest BCUT2D eigenvalue weighted by Gasteiger charge is 2.13. The van der Waals surface area contributed by atoms with Gasteiger partial charge in [-0.15, -0.1) is 17.9 Å². The highest BCUT2D eigenvalue weighted by Crippen LogP contribution is 2.34. The van der Waals surface area contributed by atoms with Gasteiger partial charge in [0.25, 0.3) is 0 Å². The quantitative estimate of drug-likeness (QED) is 0.255. The zero-order valence-corrected chi connectivity index (χ0v) is 18.0. The molecule has 0 amide bonds. The zero-order chi connectivity index (χ0) is 21.2. The summed E-state index contributed by atoms with van der Waals surface area (Å²) < 4.78 is 16.4. The second-order valence-corrected chi connectivity index (χ2v) is 7.22. The largest absolute Gasteiger partial charge is 0.493 e. The second-order valence-electron chi connectivity index (χ2n) is 6.37. The summed E-state index contributed by atoms with van der Waals surface area (Å²) in [7, 11) is 1.61. The van der Waals surface area contributed by atoms with Crippen molar-refractivity contribution >= 4 is 28.7 Å². The summed E-state index contributed by atoms with van der Waals surface area (Å²) >= 11 is 1.37. The lowest BCUT2D eigenvalue weighted by molar-refractivity contribution is -0.142. The van der Waals surface area contributed by atoms with Crippen LogP contribution in [0.25, 0.3) is 0 Å². The van der Waals surface area contributed by atoms with Gasteiger partial charge in [0, 0.05) is 10.9 Å². The minimum Gasteiger partial charge on any atom is -0.493 e. The Morgan fingerprint density at radius 3 is 2.86 bits per heavy atom. The number of nitrogens with one attached hydrogen (secondary N) is 1. The average Bonchev–Trinajstić information content (AvgIpc) is 3.10. The van der Waals surface area contributed by atoms with Gasteiger partial charge >= 0.3 is 5.97 Å². The first-order valence-corrected chi connectivity index (χ1v) is 10.2. The molecule has 1 N–H and O–H groups in total. The number of allylic oxidation sites excluding steroid dienone is 1. The lowest BCUT2D eigenvalue weighted by Gasteiger charge is -2.17. The predicted octanol–water partition coefficient (Wildman–Crippen LogP) is 4.22. The van der Waals surface area contributed by atoms with E-state index in [0.29, 0.717) is 29.6 Å². The summed E-state index contributed by atoms with van der Waals surface area (Å²) in [5.74, 6) is 1.07. The number of hydrazone groups is 1. The maximum atomic E-state index is 11.5. The Balaban J connectivity index is 2.12. The Bertz CT molecular complexity index is 862. The van der Waals surface area contributed by atoms with Crippen LogP contribution in [0, 0.1) is 0 Å². The van der Waals surface area contributed by atoms with E-state index in [4.69, 9.17) is 14.2 Å². The molecule has 0 aliphatic heterocycles. The van der Waals surface area contributed by atoms with Crippen molar-refractivity contribution in [3.05, 3.63) is 47.0 Å². The molecule has 0 saturated carbocycles. The number of hydrogen-bond donors (Lipinski definition) is 1. The first-order chi connectivity index (χ1) is 14.0. The van der Waals surface area contributed by atoms with E-state index in [-0.39, 0.29) is 18.5 Å². The van der Waals surface area contributed by atoms with E-state index in [0.717, 1.165) is 16.9 Å². The highest BCUT2D eigenvalue weighted by molar-refractivity contribution is 7.13. The first kappa shape index (κ1) is 22.4. The Hall–Kier alpha value is -2.87. The lowest BCUT2D eigenvalue weighted by Crippen LogP contribution is -2.09. The van der Waals surface area contributed by atoms with E-state index in [2.05, 4.69) is 22.1 Å². The molecule has 0 aliphatic rings. The molecule has 8 heteroatoms. The molecule has 0 atom stereocenters. The molecule has 0 bridgehead atoms. The topological polar surface area (TPSA) is 82.0 Å².